The molecule has 2 saturated heterocycles. The zero-order valence-electron chi connectivity index (χ0n) is 15.3. The van der Waals surface area contributed by atoms with Gasteiger partial charge in [0.1, 0.15) is 0 Å². The van der Waals surface area contributed by atoms with E-state index in [1.807, 2.05) is 16.7 Å². The Morgan fingerprint density at radius 1 is 1.32 bits per heavy atom. The van der Waals surface area contributed by atoms with Crippen molar-refractivity contribution in [1.29, 1.82) is 0 Å². The highest BCUT2D eigenvalue weighted by molar-refractivity contribution is 5.78. The lowest BCUT2D eigenvalue weighted by Crippen LogP contribution is -2.55. The average molecular weight is 343 g/mol. The van der Waals surface area contributed by atoms with Crippen molar-refractivity contribution in [2.75, 3.05) is 26.2 Å². The molecule has 2 fully saturated rings. The topological polar surface area (TPSA) is 52.7 Å². The number of rotatable bonds is 6. The number of aryl methyl sites for hydroxylation is 1. The number of hydrogen-bond donors (Lipinski definition) is 1. The number of carbonyl (C=O) groups is 2. The van der Waals surface area contributed by atoms with Gasteiger partial charge in [0, 0.05) is 38.6 Å². The molecule has 1 aromatic carbocycles. The molecule has 1 N–H and O–H groups in total. The smallest absolute Gasteiger partial charge is 0.317 e. The van der Waals surface area contributed by atoms with Gasteiger partial charge in [-0.1, -0.05) is 24.3 Å². The van der Waals surface area contributed by atoms with Crippen LogP contribution < -0.4 is 5.32 Å². The minimum atomic E-state index is 0.0290. The molecule has 5 nitrogen and oxygen atoms in total. The predicted octanol–water partition coefficient (Wildman–Crippen LogP) is 2.58. The first-order chi connectivity index (χ1) is 12.0. The molecule has 0 bridgehead atoms. The molecule has 2 aliphatic heterocycles. The maximum Gasteiger partial charge on any atom is 0.317 e. The number of carbonyl (C=O) groups excluding carboxylic acids is 2. The van der Waals surface area contributed by atoms with E-state index in [-0.39, 0.29) is 18.0 Å². The molecule has 0 radical (unpaired) electrons. The summed E-state index contributed by atoms with van der Waals surface area (Å²) in [7, 11) is 0. The Hall–Kier alpha value is -2.04. The van der Waals surface area contributed by atoms with Gasteiger partial charge in [0.05, 0.1) is 0 Å². The summed E-state index contributed by atoms with van der Waals surface area (Å²) in [6.07, 6.45) is 3.51. The summed E-state index contributed by atoms with van der Waals surface area (Å²) >= 11 is 0. The fraction of sp³-hybridized carbons (Fsp3) is 0.600. The molecule has 5 heteroatoms. The Kier molecular flexibility index (Phi) is 5.61. The highest BCUT2D eigenvalue weighted by Gasteiger charge is 2.31. The summed E-state index contributed by atoms with van der Waals surface area (Å²) < 4.78 is 0. The summed E-state index contributed by atoms with van der Waals surface area (Å²) in [5.74, 6) is 0.810. The van der Waals surface area contributed by atoms with E-state index in [1.165, 1.54) is 11.1 Å². The number of benzene rings is 1. The minimum absolute atomic E-state index is 0.0290. The highest BCUT2D eigenvalue weighted by atomic mass is 16.2. The quantitative estimate of drug-likeness (QED) is 0.863. The normalized spacial score (nSPS) is 19.0. The van der Waals surface area contributed by atoms with Crippen molar-refractivity contribution in [3.8, 4) is 0 Å². The van der Waals surface area contributed by atoms with Gasteiger partial charge in [-0.25, -0.2) is 4.79 Å². The summed E-state index contributed by atoms with van der Waals surface area (Å²) in [4.78, 5) is 27.7. The first kappa shape index (κ1) is 17.8. The van der Waals surface area contributed by atoms with Crippen LogP contribution in [0, 0.1) is 12.8 Å². The number of likely N-dealkylation sites (tertiary alicyclic amines) is 2. The molecule has 0 spiro atoms. The van der Waals surface area contributed by atoms with E-state index in [2.05, 4.69) is 36.5 Å². The summed E-state index contributed by atoms with van der Waals surface area (Å²) in [6.45, 7) is 7.44. The van der Waals surface area contributed by atoms with Gasteiger partial charge < -0.3 is 15.1 Å². The molecule has 3 rings (SSSR count). The van der Waals surface area contributed by atoms with Gasteiger partial charge in [0.2, 0.25) is 5.91 Å². The summed E-state index contributed by atoms with van der Waals surface area (Å²) in [6, 6.07) is 8.59. The highest BCUT2D eigenvalue weighted by Crippen LogP contribution is 2.22. The van der Waals surface area contributed by atoms with Gasteiger partial charge >= 0.3 is 6.03 Å². The molecule has 0 unspecified atom stereocenters. The molecule has 2 aliphatic rings. The fourth-order valence-corrected chi connectivity index (χ4v) is 3.68. The second-order valence-electron chi connectivity index (χ2n) is 7.53. The van der Waals surface area contributed by atoms with Crippen LogP contribution in [0.3, 0.4) is 0 Å². The van der Waals surface area contributed by atoms with Gasteiger partial charge in [-0.2, -0.15) is 0 Å². The monoisotopic (exact) mass is 343 g/mol. The van der Waals surface area contributed by atoms with E-state index in [0.29, 0.717) is 12.3 Å². The van der Waals surface area contributed by atoms with Crippen molar-refractivity contribution in [1.82, 2.24) is 15.1 Å². The Bertz CT molecular complexity index is 625. The molecule has 1 aromatic rings. The maximum atomic E-state index is 12.3. The summed E-state index contributed by atoms with van der Waals surface area (Å²) in [5, 5.41) is 3.07. The maximum absolute atomic E-state index is 12.3. The number of nitrogens with one attached hydrogen (secondary N) is 1. The molecule has 3 amide bonds. The average Bonchev–Trinajstić information content (AvgIpc) is 2.95. The first-order valence-corrected chi connectivity index (χ1v) is 9.40. The van der Waals surface area contributed by atoms with Crippen molar-refractivity contribution in [2.45, 2.75) is 45.6 Å². The first-order valence-electron chi connectivity index (χ1n) is 9.40. The van der Waals surface area contributed by atoms with Crippen molar-refractivity contribution >= 4 is 11.9 Å². The van der Waals surface area contributed by atoms with Gasteiger partial charge in [0.15, 0.2) is 0 Å². The van der Waals surface area contributed by atoms with Crippen LogP contribution in [0.2, 0.25) is 0 Å². The Labute approximate surface area is 150 Å². The molecule has 136 valence electrons. The lowest BCUT2D eigenvalue weighted by molar-refractivity contribution is -0.127. The van der Waals surface area contributed by atoms with Gasteiger partial charge in [-0.3, -0.25) is 4.79 Å². The molecule has 0 aromatic heterocycles. The molecule has 25 heavy (non-hydrogen) atoms. The SMILES string of the molecule is Cc1ccccc1CC1CN(C(=O)N[C@H](C)CCN2CCCC2=O)C1. The van der Waals surface area contributed by atoms with Crippen molar-refractivity contribution in [2.24, 2.45) is 5.92 Å². The zero-order valence-corrected chi connectivity index (χ0v) is 15.3. The Morgan fingerprint density at radius 2 is 2.08 bits per heavy atom. The number of urea groups is 1. The number of hydrogen-bond acceptors (Lipinski definition) is 2. The van der Waals surface area contributed by atoms with Crippen LogP contribution in [0.15, 0.2) is 24.3 Å². The van der Waals surface area contributed by atoms with Crippen LogP contribution in [0.4, 0.5) is 4.79 Å². The van der Waals surface area contributed by atoms with Crippen LogP contribution in [-0.2, 0) is 11.2 Å². The van der Waals surface area contributed by atoms with Gasteiger partial charge in [-0.05, 0) is 50.2 Å². The molecule has 0 aliphatic carbocycles. The second kappa shape index (κ2) is 7.89. The fourth-order valence-electron chi connectivity index (χ4n) is 3.68. The largest absolute Gasteiger partial charge is 0.343 e. The second-order valence-corrected chi connectivity index (χ2v) is 7.53. The van der Waals surface area contributed by atoms with E-state index in [0.717, 1.165) is 45.4 Å². The lowest BCUT2D eigenvalue weighted by atomic mass is 9.90. The Morgan fingerprint density at radius 3 is 2.76 bits per heavy atom. The molecule has 0 saturated carbocycles. The van der Waals surface area contributed by atoms with Crippen LogP contribution in [0.5, 0.6) is 0 Å². The number of amides is 3. The number of nitrogens with zero attached hydrogens (tertiary/aromatic N) is 2. The summed E-state index contributed by atoms with van der Waals surface area (Å²) in [5.41, 5.74) is 2.71. The van der Waals surface area contributed by atoms with Crippen molar-refractivity contribution in [3.63, 3.8) is 0 Å². The van der Waals surface area contributed by atoms with Gasteiger partial charge in [0.25, 0.3) is 0 Å². The lowest BCUT2D eigenvalue weighted by Gasteiger charge is -2.40. The molecule has 1 atom stereocenters. The molecular formula is C20H29N3O2. The Balaban J connectivity index is 1.35. The van der Waals surface area contributed by atoms with Gasteiger partial charge in [-0.15, -0.1) is 0 Å². The van der Waals surface area contributed by atoms with Crippen LogP contribution in [-0.4, -0.2) is 54.0 Å². The van der Waals surface area contributed by atoms with Crippen LogP contribution >= 0.6 is 0 Å². The standard InChI is InChI=1S/C20H29N3O2/c1-15-6-3-4-7-18(15)12-17-13-23(14-17)20(25)21-16(2)9-11-22-10-5-8-19(22)24/h3-4,6-7,16-17H,5,8-14H2,1-2H3,(H,21,25)/t16-/m1/s1. The predicted molar refractivity (Wildman–Crippen MR) is 98.4 cm³/mol. The van der Waals surface area contributed by atoms with Crippen molar-refractivity contribution in [3.05, 3.63) is 35.4 Å². The molecular weight excluding hydrogens is 314 g/mol. The third-order valence-electron chi connectivity index (χ3n) is 5.39. The third kappa shape index (κ3) is 4.53. The van der Waals surface area contributed by atoms with Crippen LogP contribution in [0.1, 0.15) is 37.3 Å². The molecule has 2 heterocycles. The third-order valence-corrected chi connectivity index (χ3v) is 5.39. The van der Waals surface area contributed by atoms with Crippen LogP contribution in [0.25, 0.3) is 0 Å². The van der Waals surface area contributed by atoms with E-state index in [4.69, 9.17) is 0 Å². The van der Waals surface area contributed by atoms with E-state index < -0.39 is 0 Å². The zero-order chi connectivity index (χ0) is 17.8. The van der Waals surface area contributed by atoms with E-state index in [9.17, 15) is 9.59 Å². The van der Waals surface area contributed by atoms with E-state index in [1.54, 1.807) is 0 Å². The van der Waals surface area contributed by atoms with Crippen molar-refractivity contribution < 1.29 is 9.59 Å². The minimum Gasteiger partial charge on any atom is -0.343 e. The van der Waals surface area contributed by atoms with E-state index >= 15 is 0 Å².